The Bertz CT molecular complexity index is 211. The number of hydrogen-bond acceptors (Lipinski definition) is 4. The van der Waals surface area contributed by atoms with Crippen LogP contribution in [-0.4, -0.2) is 26.5 Å². The molecule has 3 N–H and O–H groups in total. The van der Waals surface area contributed by atoms with Crippen LogP contribution in [0.25, 0.3) is 0 Å². The number of hydrogen-bond donors (Lipinski definition) is 2. The SMILES string of the molecule is CCC(N)C(C)Sc1ncn[nH]1. The third-order valence-corrected chi connectivity index (χ3v) is 2.91. The maximum Gasteiger partial charge on any atom is 0.183 e. The fourth-order valence-corrected chi connectivity index (χ4v) is 1.78. The fourth-order valence-electron chi connectivity index (χ4n) is 0.846. The molecular weight excluding hydrogens is 172 g/mol. The van der Waals surface area contributed by atoms with Crippen molar-refractivity contribution in [1.29, 1.82) is 0 Å². The van der Waals surface area contributed by atoms with Gasteiger partial charge in [0.05, 0.1) is 0 Å². The highest BCUT2D eigenvalue weighted by atomic mass is 32.2. The quantitative estimate of drug-likeness (QED) is 0.689. The van der Waals surface area contributed by atoms with Gasteiger partial charge in [-0.3, -0.25) is 5.10 Å². The first kappa shape index (κ1) is 9.54. The average Bonchev–Trinajstić information content (AvgIpc) is 2.55. The fraction of sp³-hybridized carbons (Fsp3) is 0.714. The van der Waals surface area contributed by atoms with Crippen LogP contribution in [0.4, 0.5) is 0 Å². The van der Waals surface area contributed by atoms with Crippen molar-refractivity contribution in [2.75, 3.05) is 0 Å². The first-order chi connectivity index (χ1) is 5.74. The number of rotatable bonds is 4. The van der Waals surface area contributed by atoms with Gasteiger partial charge in [0.1, 0.15) is 6.33 Å². The van der Waals surface area contributed by atoms with Gasteiger partial charge in [-0.25, -0.2) is 4.98 Å². The highest BCUT2D eigenvalue weighted by Crippen LogP contribution is 2.20. The second-order valence-corrected chi connectivity index (χ2v) is 4.05. The van der Waals surface area contributed by atoms with Gasteiger partial charge in [0.25, 0.3) is 0 Å². The molecule has 0 aromatic carbocycles. The minimum absolute atomic E-state index is 0.222. The van der Waals surface area contributed by atoms with E-state index < -0.39 is 0 Å². The Hall–Kier alpha value is -0.550. The molecule has 2 atom stereocenters. The molecule has 0 aliphatic carbocycles. The highest BCUT2D eigenvalue weighted by Gasteiger charge is 2.12. The van der Waals surface area contributed by atoms with E-state index in [1.807, 2.05) is 0 Å². The van der Waals surface area contributed by atoms with Crippen LogP contribution in [0.2, 0.25) is 0 Å². The molecule has 12 heavy (non-hydrogen) atoms. The van der Waals surface area contributed by atoms with Gasteiger partial charge < -0.3 is 5.73 Å². The standard InChI is InChI=1S/C7H14N4S/c1-3-6(8)5(2)12-7-9-4-10-11-7/h4-6H,3,8H2,1-2H3,(H,9,10,11). The summed E-state index contributed by atoms with van der Waals surface area (Å²) in [5, 5.41) is 7.77. The molecule has 0 radical (unpaired) electrons. The summed E-state index contributed by atoms with van der Waals surface area (Å²) in [6.45, 7) is 4.18. The number of nitrogens with two attached hydrogens (primary N) is 1. The monoisotopic (exact) mass is 186 g/mol. The Kier molecular flexibility index (Phi) is 3.55. The van der Waals surface area contributed by atoms with Crippen molar-refractivity contribution < 1.29 is 0 Å². The van der Waals surface area contributed by atoms with Gasteiger partial charge in [-0.15, -0.1) is 0 Å². The number of nitrogens with one attached hydrogen (secondary N) is 1. The lowest BCUT2D eigenvalue weighted by Crippen LogP contribution is -2.29. The molecule has 0 amide bonds. The lowest BCUT2D eigenvalue weighted by Gasteiger charge is -2.15. The van der Waals surface area contributed by atoms with Gasteiger partial charge in [-0.1, -0.05) is 25.6 Å². The summed E-state index contributed by atoms with van der Waals surface area (Å²) < 4.78 is 0. The molecule has 2 unspecified atom stereocenters. The molecule has 1 heterocycles. The van der Waals surface area contributed by atoms with E-state index in [4.69, 9.17) is 5.73 Å². The van der Waals surface area contributed by atoms with E-state index in [0.717, 1.165) is 11.6 Å². The number of thioether (sulfide) groups is 1. The second-order valence-electron chi connectivity index (χ2n) is 2.69. The summed E-state index contributed by atoms with van der Waals surface area (Å²) in [6, 6.07) is 0.222. The first-order valence-corrected chi connectivity index (χ1v) is 4.89. The van der Waals surface area contributed by atoms with Crippen LogP contribution in [0, 0.1) is 0 Å². The molecule has 1 aromatic rings. The van der Waals surface area contributed by atoms with E-state index in [2.05, 4.69) is 29.0 Å². The minimum atomic E-state index is 0.222. The predicted octanol–water partition coefficient (Wildman–Crippen LogP) is 1.02. The summed E-state index contributed by atoms with van der Waals surface area (Å²) in [5.74, 6) is 0. The molecule has 0 saturated heterocycles. The van der Waals surface area contributed by atoms with E-state index in [1.54, 1.807) is 11.8 Å². The summed E-state index contributed by atoms with van der Waals surface area (Å²) in [6.07, 6.45) is 2.49. The molecular formula is C7H14N4S. The largest absolute Gasteiger partial charge is 0.327 e. The summed E-state index contributed by atoms with van der Waals surface area (Å²) in [7, 11) is 0. The Labute approximate surface area is 76.3 Å². The zero-order valence-electron chi connectivity index (χ0n) is 7.32. The molecule has 4 nitrogen and oxygen atoms in total. The van der Waals surface area contributed by atoms with Gasteiger partial charge in [-0.2, -0.15) is 5.10 Å². The lowest BCUT2D eigenvalue weighted by molar-refractivity contribution is 0.641. The minimum Gasteiger partial charge on any atom is -0.327 e. The zero-order chi connectivity index (χ0) is 8.97. The van der Waals surface area contributed by atoms with Crippen LogP contribution >= 0.6 is 11.8 Å². The maximum atomic E-state index is 5.85. The Morgan fingerprint density at radius 2 is 2.50 bits per heavy atom. The van der Waals surface area contributed by atoms with Crippen molar-refractivity contribution in [3.63, 3.8) is 0 Å². The van der Waals surface area contributed by atoms with Crippen molar-refractivity contribution in [2.24, 2.45) is 5.73 Å². The molecule has 0 aliphatic rings. The third kappa shape index (κ3) is 2.49. The van der Waals surface area contributed by atoms with Crippen LogP contribution in [0.15, 0.2) is 11.5 Å². The van der Waals surface area contributed by atoms with Crippen LogP contribution in [0.1, 0.15) is 20.3 Å². The van der Waals surface area contributed by atoms with Crippen LogP contribution < -0.4 is 5.73 Å². The van der Waals surface area contributed by atoms with Gasteiger partial charge in [0.2, 0.25) is 0 Å². The van der Waals surface area contributed by atoms with E-state index in [9.17, 15) is 0 Å². The molecule has 1 rings (SSSR count). The molecule has 1 aromatic heterocycles. The average molecular weight is 186 g/mol. The molecule has 0 aliphatic heterocycles. The van der Waals surface area contributed by atoms with Crippen molar-refractivity contribution in [2.45, 2.75) is 36.7 Å². The first-order valence-electron chi connectivity index (χ1n) is 4.01. The van der Waals surface area contributed by atoms with E-state index in [-0.39, 0.29) is 6.04 Å². The topological polar surface area (TPSA) is 67.6 Å². The molecule has 0 saturated carbocycles. The summed E-state index contributed by atoms with van der Waals surface area (Å²) in [5.41, 5.74) is 5.85. The van der Waals surface area contributed by atoms with Gasteiger partial charge in [0, 0.05) is 11.3 Å². The zero-order valence-corrected chi connectivity index (χ0v) is 8.14. The Balaban J connectivity index is 2.41. The normalized spacial score (nSPS) is 15.9. The Morgan fingerprint density at radius 3 is 3.00 bits per heavy atom. The number of nitrogens with zero attached hydrogens (tertiary/aromatic N) is 2. The van der Waals surface area contributed by atoms with Crippen molar-refractivity contribution >= 4 is 11.8 Å². The van der Waals surface area contributed by atoms with Gasteiger partial charge in [-0.05, 0) is 6.42 Å². The maximum absolute atomic E-state index is 5.85. The number of H-pyrrole nitrogens is 1. The molecule has 0 fully saturated rings. The Morgan fingerprint density at radius 1 is 1.75 bits per heavy atom. The van der Waals surface area contributed by atoms with Crippen molar-refractivity contribution in [3.05, 3.63) is 6.33 Å². The summed E-state index contributed by atoms with van der Waals surface area (Å²) in [4.78, 5) is 4.01. The molecule has 0 spiro atoms. The summed E-state index contributed by atoms with van der Waals surface area (Å²) >= 11 is 1.63. The highest BCUT2D eigenvalue weighted by molar-refractivity contribution is 7.99. The van der Waals surface area contributed by atoms with E-state index in [1.165, 1.54) is 6.33 Å². The predicted molar refractivity (Wildman–Crippen MR) is 50.0 cm³/mol. The number of aromatic nitrogens is 3. The smallest absolute Gasteiger partial charge is 0.183 e. The van der Waals surface area contributed by atoms with Crippen LogP contribution in [-0.2, 0) is 0 Å². The van der Waals surface area contributed by atoms with E-state index >= 15 is 0 Å². The van der Waals surface area contributed by atoms with Crippen molar-refractivity contribution in [3.8, 4) is 0 Å². The van der Waals surface area contributed by atoms with Crippen molar-refractivity contribution in [1.82, 2.24) is 15.2 Å². The molecule has 5 heteroatoms. The van der Waals surface area contributed by atoms with Gasteiger partial charge >= 0.3 is 0 Å². The number of aromatic amines is 1. The van der Waals surface area contributed by atoms with E-state index in [0.29, 0.717) is 5.25 Å². The second kappa shape index (κ2) is 4.47. The lowest BCUT2D eigenvalue weighted by atomic mass is 10.2. The molecule has 0 bridgehead atoms. The van der Waals surface area contributed by atoms with Crippen LogP contribution in [0.3, 0.4) is 0 Å². The van der Waals surface area contributed by atoms with Gasteiger partial charge in [0.15, 0.2) is 5.16 Å². The third-order valence-electron chi connectivity index (χ3n) is 1.76. The molecule has 68 valence electrons. The van der Waals surface area contributed by atoms with Crippen LogP contribution in [0.5, 0.6) is 0 Å².